The molecule has 2 saturated carbocycles. The lowest BCUT2D eigenvalue weighted by molar-refractivity contribution is 0.114. The second kappa shape index (κ2) is 5.50. The van der Waals surface area contributed by atoms with Gasteiger partial charge in [-0.3, -0.25) is 0 Å². The quantitative estimate of drug-likeness (QED) is 0.724. The van der Waals surface area contributed by atoms with Crippen molar-refractivity contribution in [2.24, 2.45) is 5.92 Å². The van der Waals surface area contributed by atoms with E-state index in [-0.39, 0.29) is 5.54 Å². The molecule has 2 N–H and O–H groups in total. The highest BCUT2D eigenvalue weighted by Gasteiger charge is 2.40. The van der Waals surface area contributed by atoms with E-state index in [0.29, 0.717) is 18.6 Å². The van der Waals surface area contributed by atoms with Gasteiger partial charge in [0.05, 0.1) is 6.61 Å². The van der Waals surface area contributed by atoms with Crippen LogP contribution < -0.4 is 5.32 Å². The summed E-state index contributed by atoms with van der Waals surface area (Å²) in [5.74, 6) is 0.640. The zero-order valence-corrected chi connectivity index (χ0v) is 10.7. The van der Waals surface area contributed by atoms with Gasteiger partial charge in [-0.2, -0.15) is 0 Å². The minimum Gasteiger partial charge on any atom is -0.394 e. The molecule has 2 aliphatic carbocycles. The fourth-order valence-corrected chi connectivity index (χ4v) is 3.57. The van der Waals surface area contributed by atoms with Gasteiger partial charge in [-0.1, -0.05) is 39.0 Å². The first-order valence-corrected chi connectivity index (χ1v) is 7.15. The topological polar surface area (TPSA) is 32.3 Å². The molecular weight excluding hydrogens is 198 g/mol. The number of aliphatic hydroxyl groups excluding tert-OH is 1. The lowest BCUT2D eigenvalue weighted by Crippen LogP contribution is -2.54. The molecule has 2 heteroatoms. The minimum atomic E-state index is 0.0506. The predicted octanol–water partition coefficient (Wildman–Crippen LogP) is 2.85. The van der Waals surface area contributed by atoms with Gasteiger partial charge in [0, 0.05) is 11.6 Å². The first-order valence-electron chi connectivity index (χ1n) is 7.15. The summed E-state index contributed by atoms with van der Waals surface area (Å²) in [7, 11) is 0. The lowest BCUT2D eigenvalue weighted by Gasteiger charge is -2.37. The first kappa shape index (κ1) is 12.4. The number of aliphatic hydroxyl groups is 1. The molecule has 0 bridgehead atoms. The maximum Gasteiger partial charge on any atom is 0.0616 e. The third kappa shape index (κ3) is 2.60. The molecule has 2 unspecified atom stereocenters. The van der Waals surface area contributed by atoms with Crippen molar-refractivity contribution >= 4 is 0 Å². The normalized spacial score (nSPS) is 37.5. The van der Waals surface area contributed by atoms with E-state index in [2.05, 4.69) is 12.2 Å². The molecule has 0 saturated heterocycles. The zero-order valence-electron chi connectivity index (χ0n) is 10.7. The standard InChI is InChI=1S/C14H27NO/c1-12-7-6-10-14(12,11-16)15-13-8-4-2-3-5-9-13/h12-13,15-16H,2-11H2,1H3. The molecule has 0 spiro atoms. The van der Waals surface area contributed by atoms with E-state index in [4.69, 9.17) is 0 Å². The molecule has 2 nitrogen and oxygen atoms in total. The van der Waals surface area contributed by atoms with Crippen LogP contribution in [0.15, 0.2) is 0 Å². The summed E-state index contributed by atoms with van der Waals surface area (Å²) in [6.07, 6.45) is 11.9. The number of rotatable bonds is 3. The zero-order chi connectivity index (χ0) is 11.4. The Morgan fingerprint density at radius 3 is 2.25 bits per heavy atom. The number of nitrogens with one attached hydrogen (secondary N) is 1. The number of hydrogen-bond acceptors (Lipinski definition) is 2. The summed E-state index contributed by atoms with van der Waals surface area (Å²) in [5, 5.41) is 13.5. The molecule has 0 aromatic carbocycles. The summed E-state index contributed by atoms with van der Waals surface area (Å²) in [4.78, 5) is 0. The van der Waals surface area contributed by atoms with Gasteiger partial charge < -0.3 is 10.4 Å². The van der Waals surface area contributed by atoms with Gasteiger partial charge in [0.25, 0.3) is 0 Å². The smallest absolute Gasteiger partial charge is 0.0616 e. The van der Waals surface area contributed by atoms with Crippen molar-refractivity contribution in [2.45, 2.75) is 76.3 Å². The Kier molecular flexibility index (Phi) is 4.26. The molecule has 94 valence electrons. The average Bonchev–Trinajstić information content (AvgIpc) is 2.52. The largest absolute Gasteiger partial charge is 0.394 e. The molecule has 0 aromatic rings. The van der Waals surface area contributed by atoms with Crippen molar-refractivity contribution < 1.29 is 5.11 Å². The SMILES string of the molecule is CC1CCCC1(CO)NC1CCCCCC1. The minimum absolute atomic E-state index is 0.0506. The van der Waals surface area contributed by atoms with Crippen molar-refractivity contribution in [1.82, 2.24) is 5.32 Å². The van der Waals surface area contributed by atoms with Gasteiger partial charge in [0.1, 0.15) is 0 Å². The van der Waals surface area contributed by atoms with E-state index < -0.39 is 0 Å². The molecular formula is C14H27NO. The van der Waals surface area contributed by atoms with Crippen molar-refractivity contribution in [3.05, 3.63) is 0 Å². The molecule has 2 aliphatic rings. The maximum atomic E-state index is 9.73. The van der Waals surface area contributed by atoms with Crippen LogP contribution in [0.2, 0.25) is 0 Å². The third-order valence-electron chi connectivity index (χ3n) is 4.83. The van der Waals surface area contributed by atoms with E-state index in [1.165, 1.54) is 57.8 Å². The molecule has 0 aliphatic heterocycles. The molecule has 2 atom stereocenters. The van der Waals surface area contributed by atoms with Crippen LogP contribution in [0.3, 0.4) is 0 Å². The summed E-state index contributed by atoms with van der Waals surface area (Å²) < 4.78 is 0. The van der Waals surface area contributed by atoms with Crippen LogP contribution in [0.25, 0.3) is 0 Å². The van der Waals surface area contributed by atoms with Crippen molar-refractivity contribution in [3.8, 4) is 0 Å². The molecule has 0 aromatic heterocycles. The van der Waals surface area contributed by atoms with E-state index in [1.54, 1.807) is 0 Å². The Hall–Kier alpha value is -0.0800. The Morgan fingerprint density at radius 2 is 1.75 bits per heavy atom. The Morgan fingerprint density at radius 1 is 1.06 bits per heavy atom. The van der Waals surface area contributed by atoms with Crippen LogP contribution in [0.1, 0.15) is 64.7 Å². The van der Waals surface area contributed by atoms with Gasteiger partial charge in [-0.15, -0.1) is 0 Å². The van der Waals surface area contributed by atoms with Crippen LogP contribution >= 0.6 is 0 Å². The summed E-state index contributed by atoms with van der Waals surface area (Å²) >= 11 is 0. The predicted molar refractivity (Wildman–Crippen MR) is 67.5 cm³/mol. The van der Waals surface area contributed by atoms with Crippen LogP contribution in [-0.4, -0.2) is 23.3 Å². The van der Waals surface area contributed by atoms with Gasteiger partial charge in [0.15, 0.2) is 0 Å². The van der Waals surface area contributed by atoms with Crippen LogP contribution in [0.5, 0.6) is 0 Å². The van der Waals surface area contributed by atoms with Crippen molar-refractivity contribution in [1.29, 1.82) is 0 Å². The highest BCUT2D eigenvalue weighted by atomic mass is 16.3. The van der Waals surface area contributed by atoms with E-state index >= 15 is 0 Å². The van der Waals surface area contributed by atoms with Crippen LogP contribution in [-0.2, 0) is 0 Å². The van der Waals surface area contributed by atoms with Gasteiger partial charge >= 0.3 is 0 Å². The monoisotopic (exact) mass is 225 g/mol. The lowest BCUT2D eigenvalue weighted by atomic mass is 9.87. The molecule has 2 fully saturated rings. The summed E-state index contributed by atoms with van der Waals surface area (Å²) in [5.41, 5.74) is 0.0506. The Balaban J connectivity index is 1.94. The van der Waals surface area contributed by atoms with Crippen molar-refractivity contribution in [3.63, 3.8) is 0 Å². The van der Waals surface area contributed by atoms with Crippen LogP contribution in [0, 0.1) is 5.92 Å². The fraction of sp³-hybridized carbons (Fsp3) is 1.00. The first-order chi connectivity index (χ1) is 7.77. The van der Waals surface area contributed by atoms with Gasteiger partial charge in [-0.25, -0.2) is 0 Å². The van der Waals surface area contributed by atoms with Gasteiger partial charge in [0.2, 0.25) is 0 Å². The van der Waals surface area contributed by atoms with Crippen molar-refractivity contribution in [2.75, 3.05) is 6.61 Å². The van der Waals surface area contributed by atoms with Gasteiger partial charge in [-0.05, 0) is 31.6 Å². The second-order valence-corrected chi connectivity index (χ2v) is 5.94. The molecule has 2 rings (SSSR count). The third-order valence-corrected chi connectivity index (χ3v) is 4.83. The Labute approximate surface area is 99.8 Å². The van der Waals surface area contributed by atoms with E-state index in [1.807, 2.05) is 0 Å². The maximum absolute atomic E-state index is 9.73. The molecule has 0 heterocycles. The second-order valence-electron chi connectivity index (χ2n) is 5.94. The average molecular weight is 225 g/mol. The summed E-state index contributed by atoms with van der Waals surface area (Å²) in [6, 6.07) is 0.662. The highest BCUT2D eigenvalue weighted by molar-refractivity contribution is 4.99. The summed E-state index contributed by atoms with van der Waals surface area (Å²) in [6.45, 7) is 2.62. The molecule has 0 radical (unpaired) electrons. The van der Waals surface area contributed by atoms with E-state index in [0.717, 1.165) is 0 Å². The molecule has 0 amide bonds. The highest BCUT2D eigenvalue weighted by Crippen LogP contribution is 2.36. The van der Waals surface area contributed by atoms with Crippen LogP contribution in [0.4, 0.5) is 0 Å². The Bertz CT molecular complexity index is 211. The van der Waals surface area contributed by atoms with E-state index in [9.17, 15) is 5.11 Å². The number of hydrogen-bond donors (Lipinski definition) is 2. The molecule has 16 heavy (non-hydrogen) atoms. The fourth-order valence-electron chi connectivity index (χ4n) is 3.57.